The van der Waals surface area contributed by atoms with Gasteiger partial charge in [0.2, 0.25) is 0 Å². The van der Waals surface area contributed by atoms with Crippen molar-refractivity contribution in [3.63, 3.8) is 0 Å². The van der Waals surface area contributed by atoms with Crippen LogP contribution in [0, 0.1) is 5.92 Å². The van der Waals surface area contributed by atoms with E-state index in [-0.39, 0.29) is 17.8 Å². The van der Waals surface area contributed by atoms with Crippen LogP contribution in [0.1, 0.15) is 32.3 Å². The van der Waals surface area contributed by atoms with Crippen molar-refractivity contribution in [1.29, 1.82) is 0 Å². The molecule has 0 amide bonds. The normalized spacial score (nSPS) is 15.1. The molecule has 1 aromatic carbocycles. The summed E-state index contributed by atoms with van der Waals surface area (Å²) >= 11 is 0. The van der Waals surface area contributed by atoms with E-state index in [2.05, 4.69) is 24.3 Å². The average molecular weight is 293 g/mol. The van der Waals surface area contributed by atoms with E-state index >= 15 is 0 Å². The third-order valence-electron chi connectivity index (χ3n) is 3.56. The van der Waals surface area contributed by atoms with Gasteiger partial charge in [-0.1, -0.05) is 49.3 Å². The maximum Gasteiger partial charge on any atom is 0.147 e. The number of nitrogens with zero attached hydrogens (tertiary/aromatic N) is 1. The molecule has 1 rings (SSSR count). The molecule has 0 aliphatic carbocycles. The molecule has 1 aromatic rings. The van der Waals surface area contributed by atoms with Gasteiger partial charge in [0.1, 0.15) is 5.84 Å². The lowest BCUT2D eigenvalue weighted by Crippen LogP contribution is -2.42. The highest BCUT2D eigenvalue weighted by molar-refractivity contribution is 5.87. The van der Waals surface area contributed by atoms with Crippen molar-refractivity contribution in [1.82, 2.24) is 5.32 Å². The number of hydrogen-bond donors (Lipinski definition) is 3. The van der Waals surface area contributed by atoms with Crippen LogP contribution in [-0.4, -0.2) is 36.8 Å². The fourth-order valence-corrected chi connectivity index (χ4v) is 2.15. The van der Waals surface area contributed by atoms with E-state index in [9.17, 15) is 0 Å². The van der Waals surface area contributed by atoms with Gasteiger partial charge in [0.15, 0.2) is 0 Å². The summed E-state index contributed by atoms with van der Waals surface area (Å²) in [6, 6.07) is 10.1. The summed E-state index contributed by atoms with van der Waals surface area (Å²) in [6.45, 7) is 8.25. The number of nitrogens with one attached hydrogen (secondary N) is 1. The zero-order chi connectivity index (χ0) is 15.7. The van der Waals surface area contributed by atoms with Gasteiger partial charge in [0.05, 0.1) is 12.5 Å². The minimum atomic E-state index is -0.154. The summed E-state index contributed by atoms with van der Waals surface area (Å²) in [7, 11) is 0. The monoisotopic (exact) mass is 293 g/mol. The average Bonchev–Trinajstić information content (AvgIpc) is 2.50. The molecule has 0 aromatic heterocycles. The van der Waals surface area contributed by atoms with Crippen LogP contribution in [0.5, 0.6) is 0 Å². The van der Waals surface area contributed by atoms with Crippen LogP contribution >= 0.6 is 0 Å². The number of oxime groups is 1. The van der Waals surface area contributed by atoms with Crippen molar-refractivity contribution >= 4 is 5.84 Å². The van der Waals surface area contributed by atoms with Crippen molar-refractivity contribution in [3.05, 3.63) is 35.9 Å². The smallest absolute Gasteiger partial charge is 0.147 e. The Labute approximate surface area is 127 Å². The van der Waals surface area contributed by atoms with E-state index < -0.39 is 0 Å². The second-order valence-corrected chi connectivity index (χ2v) is 5.41. The predicted molar refractivity (Wildman–Crippen MR) is 85.7 cm³/mol. The number of ether oxygens (including phenoxy) is 1. The van der Waals surface area contributed by atoms with Gasteiger partial charge >= 0.3 is 0 Å². The standard InChI is InChI=1S/C16H27N3O2/c1-4-21-11-15(12(2)3)18-10-14(16(17)19-20)13-8-6-5-7-9-13/h5-9,12,14-15,18,20H,4,10-11H2,1-3H3,(H2,17,19). The van der Waals surface area contributed by atoms with E-state index in [0.29, 0.717) is 25.7 Å². The van der Waals surface area contributed by atoms with E-state index in [1.807, 2.05) is 37.3 Å². The van der Waals surface area contributed by atoms with Gasteiger partial charge in [-0.3, -0.25) is 0 Å². The third-order valence-corrected chi connectivity index (χ3v) is 3.56. The molecule has 0 aliphatic heterocycles. The van der Waals surface area contributed by atoms with Gasteiger partial charge in [-0.25, -0.2) is 0 Å². The van der Waals surface area contributed by atoms with E-state index in [4.69, 9.17) is 15.7 Å². The second-order valence-electron chi connectivity index (χ2n) is 5.41. The first-order valence-electron chi connectivity index (χ1n) is 7.43. The Morgan fingerprint density at radius 2 is 2.00 bits per heavy atom. The molecule has 0 radical (unpaired) electrons. The molecule has 2 unspecified atom stereocenters. The van der Waals surface area contributed by atoms with Crippen molar-refractivity contribution in [2.24, 2.45) is 16.8 Å². The van der Waals surface area contributed by atoms with E-state index in [1.165, 1.54) is 0 Å². The molecule has 0 bridgehead atoms. The maximum atomic E-state index is 8.99. The largest absolute Gasteiger partial charge is 0.409 e. The molecular formula is C16H27N3O2. The van der Waals surface area contributed by atoms with Crippen molar-refractivity contribution in [2.75, 3.05) is 19.8 Å². The van der Waals surface area contributed by atoms with Gasteiger partial charge in [-0.15, -0.1) is 0 Å². The van der Waals surface area contributed by atoms with Crippen LogP contribution in [0.4, 0.5) is 0 Å². The second kappa shape index (κ2) is 9.37. The van der Waals surface area contributed by atoms with Gasteiger partial charge in [0, 0.05) is 19.2 Å². The molecule has 5 nitrogen and oxygen atoms in total. The third kappa shape index (κ3) is 5.73. The molecule has 0 spiro atoms. The Bertz CT molecular complexity index is 421. The molecule has 0 aliphatic rings. The fraction of sp³-hybridized carbons (Fsp3) is 0.562. The van der Waals surface area contributed by atoms with E-state index in [0.717, 1.165) is 5.56 Å². The summed E-state index contributed by atoms with van der Waals surface area (Å²) in [5.41, 5.74) is 6.87. The molecule has 0 fully saturated rings. The molecular weight excluding hydrogens is 266 g/mol. The van der Waals surface area contributed by atoms with Crippen LogP contribution in [0.25, 0.3) is 0 Å². The van der Waals surface area contributed by atoms with Crippen LogP contribution in [-0.2, 0) is 4.74 Å². The van der Waals surface area contributed by atoms with Crippen molar-refractivity contribution in [2.45, 2.75) is 32.7 Å². The Balaban J connectivity index is 2.73. The Morgan fingerprint density at radius 3 is 2.52 bits per heavy atom. The molecule has 21 heavy (non-hydrogen) atoms. The van der Waals surface area contributed by atoms with Crippen LogP contribution < -0.4 is 11.1 Å². The van der Waals surface area contributed by atoms with Gasteiger partial charge < -0.3 is 21.0 Å². The lowest BCUT2D eigenvalue weighted by Gasteiger charge is -2.25. The Kier molecular flexibility index (Phi) is 7.79. The van der Waals surface area contributed by atoms with E-state index in [1.54, 1.807) is 0 Å². The highest BCUT2D eigenvalue weighted by atomic mass is 16.5. The lowest BCUT2D eigenvalue weighted by atomic mass is 9.96. The summed E-state index contributed by atoms with van der Waals surface area (Å²) in [5, 5.41) is 15.6. The predicted octanol–water partition coefficient (Wildman–Crippen LogP) is 2.17. The quantitative estimate of drug-likeness (QED) is 0.282. The molecule has 4 N–H and O–H groups in total. The van der Waals surface area contributed by atoms with Gasteiger partial charge in [0.25, 0.3) is 0 Å². The van der Waals surface area contributed by atoms with Crippen LogP contribution in [0.3, 0.4) is 0 Å². The number of amidine groups is 1. The summed E-state index contributed by atoms with van der Waals surface area (Å²) < 4.78 is 5.51. The molecule has 5 heteroatoms. The molecule has 0 saturated carbocycles. The zero-order valence-electron chi connectivity index (χ0n) is 13.1. The minimum Gasteiger partial charge on any atom is -0.409 e. The summed E-state index contributed by atoms with van der Waals surface area (Å²) in [6.07, 6.45) is 0. The first-order chi connectivity index (χ1) is 10.1. The summed E-state index contributed by atoms with van der Waals surface area (Å²) in [4.78, 5) is 0. The molecule has 118 valence electrons. The van der Waals surface area contributed by atoms with Crippen molar-refractivity contribution < 1.29 is 9.94 Å². The SMILES string of the molecule is CCOCC(NCC(/C(N)=N/O)c1ccccc1)C(C)C. The Morgan fingerprint density at radius 1 is 1.33 bits per heavy atom. The highest BCUT2D eigenvalue weighted by Crippen LogP contribution is 2.16. The number of benzene rings is 1. The topological polar surface area (TPSA) is 79.9 Å². The van der Waals surface area contributed by atoms with Crippen LogP contribution in [0.15, 0.2) is 35.5 Å². The summed E-state index contributed by atoms with van der Waals surface area (Å²) in [5.74, 6) is 0.506. The van der Waals surface area contributed by atoms with Crippen molar-refractivity contribution in [3.8, 4) is 0 Å². The highest BCUT2D eigenvalue weighted by Gasteiger charge is 2.20. The number of rotatable bonds is 9. The number of hydrogen-bond acceptors (Lipinski definition) is 4. The zero-order valence-corrected chi connectivity index (χ0v) is 13.1. The fourth-order valence-electron chi connectivity index (χ4n) is 2.15. The molecule has 0 saturated heterocycles. The number of nitrogens with two attached hydrogens (primary N) is 1. The minimum absolute atomic E-state index is 0.154. The van der Waals surface area contributed by atoms with Gasteiger partial charge in [-0.2, -0.15) is 0 Å². The molecule has 0 heterocycles. The molecule has 2 atom stereocenters. The van der Waals surface area contributed by atoms with Gasteiger partial charge in [-0.05, 0) is 18.4 Å². The van der Waals surface area contributed by atoms with Crippen LogP contribution in [0.2, 0.25) is 0 Å². The lowest BCUT2D eigenvalue weighted by molar-refractivity contribution is 0.108. The maximum absolute atomic E-state index is 8.99. The Hall–Kier alpha value is -1.59. The first kappa shape index (κ1) is 17.5. The first-order valence-corrected chi connectivity index (χ1v) is 7.43.